The predicted octanol–water partition coefficient (Wildman–Crippen LogP) is 4.93. The van der Waals surface area contributed by atoms with Crippen LogP contribution in [0.4, 0.5) is 5.69 Å². The SMILES string of the molecule is Cc1nc(Oc2ccc(NC(=O)c3ccccc3I)cc2)cc(-n2ccnc2C)n1. The molecule has 2 aromatic heterocycles. The first-order valence-corrected chi connectivity index (χ1v) is 10.3. The molecule has 0 aliphatic heterocycles. The van der Waals surface area contributed by atoms with Crippen molar-refractivity contribution in [3.63, 3.8) is 0 Å². The van der Waals surface area contributed by atoms with Crippen LogP contribution in [0, 0.1) is 17.4 Å². The highest BCUT2D eigenvalue weighted by molar-refractivity contribution is 14.1. The number of rotatable bonds is 5. The standard InChI is InChI=1S/C22H18IN5O2/c1-14-25-20(28-12-11-24-15(28)2)13-21(26-14)30-17-9-7-16(8-10-17)27-22(29)18-5-3-4-6-19(18)23/h3-13H,1-2H3,(H,27,29). The van der Waals surface area contributed by atoms with E-state index in [4.69, 9.17) is 4.74 Å². The van der Waals surface area contributed by atoms with Crippen LogP contribution < -0.4 is 10.1 Å². The van der Waals surface area contributed by atoms with Crippen LogP contribution in [0.25, 0.3) is 5.82 Å². The van der Waals surface area contributed by atoms with Crippen LogP contribution in [-0.4, -0.2) is 25.4 Å². The Balaban J connectivity index is 1.49. The molecule has 0 unspecified atom stereocenters. The van der Waals surface area contributed by atoms with E-state index in [1.807, 2.05) is 42.8 Å². The zero-order chi connectivity index (χ0) is 21.1. The van der Waals surface area contributed by atoms with E-state index in [1.54, 1.807) is 42.6 Å². The van der Waals surface area contributed by atoms with Crippen molar-refractivity contribution in [2.24, 2.45) is 0 Å². The van der Waals surface area contributed by atoms with Gasteiger partial charge in [-0.2, -0.15) is 4.98 Å². The summed E-state index contributed by atoms with van der Waals surface area (Å²) in [5.41, 5.74) is 1.32. The second-order valence-corrected chi connectivity index (χ2v) is 7.68. The highest BCUT2D eigenvalue weighted by Crippen LogP contribution is 2.24. The normalized spacial score (nSPS) is 10.6. The fourth-order valence-corrected chi connectivity index (χ4v) is 3.52. The number of nitrogens with one attached hydrogen (secondary N) is 1. The van der Waals surface area contributed by atoms with Crippen molar-refractivity contribution in [1.82, 2.24) is 19.5 Å². The Kier molecular flexibility index (Phi) is 5.75. The number of hydrogen-bond acceptors (Lipinski definition) is 5. The Morgan fingerprint density at radius 3 is 2.53 bits per heavy atom. The minimum atomic E-state index is -0.152. The number of carbonyl (C=O) groups excluding carboxylic acids is 1. The van der Waals surface area contributed by atoms with Crippen LogP contribution in [0.2, 0.25) is 0 Å². The molecule has 1 N–H and O–H groups in total. The molecule has 0 aliphatic carbocycles. The van der Waals surface area contributed by atoms with E-state index in [1.165, 1.54) is 0 Å². The number of imidazole rings is 1. The molecule has 0 atom stereocenters. The molecule has 7 nitrogen and oxygen atoms in total. The number of hydrogen-bond donors (Lipinski definition) is 1. The van der Waals surface area contributed by atoms with Crippen LogP contribution in [0.15, 0.2) is 67.0 Å². The van der Waals surface area contributed by atoms with Crippen molar-refractivity contribution in [3.05, 3.63) is 87.8 Å². The lowest BCUT2D eigenvalue weighted by Crippen LogP contribution is -2.13. The number of ether oxygens (including phenoxy) is 1. The van der Waals surface area contributed by atoms with Crippen LogP contribution >= 0.6 is 22.6 Å². The van der Waals surface area contributed by atoms with Crippen molar-refractivity contribution >= 4 is 34.2 Å². The lowest BCUT2D eigenvalue weighted by atomic mass is 10.2. The van der Waals surface area contributed by atoms with Gasteiger partial charge in [-0.3, -0.25) is 9.36 Å². The van der Waals surface area contributed by atoms with Crippen LogP contribution in [-0.2, 0) is 0 Å². The molecule has 0 fully saturated rings. The molecule has 4 aromatic rings. The summed E-state index contributed by atoms with van der Waals surface area (Å²) < 4.78 is 8.67. The number of nitrogens with zero attached hydrogens (tertiary/aromatic N) is 4. The summed E-state index contributed by atoms with van der Waals surface area (Å²) in [7, 11) is 0. The number of anilines is 1. The summed E-state index contributed by atoms with van der Waals surface area (Å²) in [4.78, 5) is 25.5. The highest BCUT2D eigenvalue weighted by Gasteiger charge is 2.11. The molecule has 2 heterocycles. The Morgan fingerprint density at radius 1 is 1.07 bits per heavy atom. The van der Waals surface area contributed by atoms with Crippen molar-refractivity contribution < 1.29 is 9.53 Å². The molecule has 150 valence electrons. The number of aromatic nitrogens is 4. The van der Waals surface area contributed by atoms with Gasteiger partial charge in [0.15, 0.2) is 0 Å². The summed E-state index contributed by atoms with van der Waals surface area (Å²) >= 11 is 2.15. The fraction of sp³-hybridized carbons (Fsp3) is 0.0909. The van der Waals surface area contributed by atoms with Crippen molar-refractivity contribution in [2.45, 2.75) is 13.8 Å². The molecule has 0 aliphatic rings. The van der Waals surface area contributed by atoms with Gasteiger partial charge in [0, 0.05) is 27.7 Å². The molecular formula is C22H18IN5O2. The van der Waals surface area contributed by atoms with Crippen LogP contribution in [0.3, 0.4) is 0 Å². The first-order valence-electron chi connectivity index (χ1n) is 9.19. The first kappa shape index (κ1) is 20.0. The monoisotopic (exact) mass is 511 g/mol. The Morgan fingerprint density at radius 2 is 1.83 bits per heavy atom. The summed E-state index contributed by atoms with van der Waals surface area (Å²) in [6.07, 6.45) is 3.56. The average Bonchev–Trinajstić information content (AvgIpc) is 3.15. The molecular weight excluding hydrogens is 493 g/mol. The van der Waals surface area contributed by atoms with Crippen LogP contribution in [0.5, 0.6) is 11.6 Å². The zero-order valence-electron chi connectivity index (χ0n) is 16.3. The van der Waals surface area contributed by atoms with E-state index < -0.39 is 0 Å². The van der Waals surface area contributed by atoms with Gasteiger partial charge in [0.1, 0.15) is 23.2 Å². The Bertz CT molecular complexity index is 1200. The van der Waals surface area contributed by atoms with Gasteiger partial charge < -0.3 is 10.1 Å². The van der Waals surface area contributed by atoms with Crippen molar-refractivity contribution in [3.8, 4) is 17.4 Å². The van der Waals surface area contributed by atoms with E-state index in [0.29, 0.717) is 34.5 Å². The molecule has 30 heavy (non-hydrogen) atoms. The molecule has 1 amide bonds. The zero-order valence-corrected chi connectivity index (χ0v) is 18.5. The van der Waals surface area contributed by atoms with Gasteiger partial charge in [-0.25, -0.2) is 9.97 Å². The number of carbonyl (C=O) groups is 1. The highest BCUT2D eigenvalue weighted by atomic mass is 127. The van der Waals surface area contributed by atoms with Gasteiger partial charge in [-0.1, -0.05) is 12.1 Å². The van der Waals surface area contributed by atoms with Crippen molar-refractivity contribution in [2.75, 3.05) is 5.32 Å². The van der Waals surface area contributed by atoms with E-state index in [-0.39, 0.29) is 5.91 Å². The second kappa shape index (κ2) is 8.62. The molecule has 2 aromatic carbocycles. The van der Waals surface area contributed by atoms with Gasteiger partial charge in [-0.05, 0) is 72.8 Å². The maximum Gasteiger partial charge on any atom is 0.256 e. The minimum Gasteiger partial charge on any atom is -0.439 e. The number of aryl methyl sites for hydroxylation is 2. The van der Waals surface area contributed by atoms with Gasteiger partial charge in [0.2, 0.25) is 5.88 Å². The van der Waals surface area contributed by atoms with Gasteiger partial charge in [-0.15, -0.1) is 0 Å². The minimum absolute atomic E-state index is 0.152. The quantitative estimate of drug-likeness (QED) is 0.385. The smallest absolute Gasteiger partial charge is 0.256 e. The summed E-state index contributed by atoms with van der Waals surface area (Å²) in [6, 6.07) is 16.3. The maximum atomic E-state index is 12.5. The van der Waals surface area contributed by atoms with E-state index in [9.17, 15) is 4.79 Å². The molecule has 0 spiro atoms. The average molecular weight is 511 g/mol. The molecule has 0 bridgehead atoms. The second-order valence-electron chi connectivity index (χ2n) is 6.52. The molecule has 0 saturated carbocycles. The third-order valence-corrected chi connectivity index (χ3v) is 5.27. The predicted molar refractivity (Wildman–Crippen MR) is 122 cm³/mol. The lowest BCUT2D eigenvalue weighted by molar-refractivity contribution is 0.102. The van der Waals surface area contributed by atoms with E-state index in [0.717, 1.165) is 9.39 Å². The number of benzene rings is 2. The lowest BCUT2D eigenvalue weighted by Gasteiger charge is -2.10. The summed E-state index contributed by atoms with van der Waals surface area (Å²) in [5, 5.41) is 2.90. The molecule has 0 radical (unpaired) electrons. The van der Waals surface area contributed by atoms with Gasteiger partial charge in [0.25, 0.3) is 5.91 Å². The largest absolute Gasteiger partial charge is 0.439 e. The topological polar surface area (TPSA) is 81.9 Å². The number of halogens is 1. The maximum absolute atomic E-state index is 12.5. The van der Waals surface area contributed by atoms with E-state index in [2.05, 4.69) is 42.9 Å². The van der Waals surface area contributed by atoms with Gasteiger partial charge in [0.05, 0.1) is 5.56 Å². The Labute approximate surface area is 187 Å². The summed E-state index contributed by atoms with van der Waals surface area (Å²) in [5.74, 6) is 2.99. The Hall–Kier alpha value is -3.27. The van der Waals surface area contributed by atoms with Crippen LogP contribution in [0.1, 0.15) is 22.0 Å². The first-order chi connectivity index (χ1) is 14.5. The molecule has 0 saturated heterocycles. The van der Waals surface area contributed by atoms with E-state index >= 15 is 0 Å². The van der Waals surface area contributed by atoms with Gasteiger partial charge >= 0.3 is 0 Å². The molecule has 8 heteroatoms. The third kappa shape index (κ3) is 4.48. The third-order valence-electron chi connectivity index (χ3n) is 4.33. The number of amides is 1. The molecule has 4 rings (SSSR count). The van der Waals surface area contributed by atoms with Crippen molar-refractivity contribution in [1.29, 1.82) is 0 Å². The summed E-state index contributed by atoms with van der Waals surface area (Å²) in [6.45, 7) is 3.72. The fourth-order valence-electron chi connectivity index (χ4n) is 2.89.